The lowest BCUT2D eigenvalue weighted by Gasteiger charge is -2.13. The highest BCUT2D eigenvalue weighted by Crippen LogP contribution is 2.23. The number of hydrogen-bond acceptors (Lipinski definition) is 4. The van der Waals surface area contributed by atoms with Crippen LogP contribution in [0.25, 0.3) is 0 Å². The van der Waals surface area contributed by atoms with Crippen LogP contribution in [0.1, 0.15) is 20.3 Å². The summed E-state index contributed by atoms with van der Waals surface area (Å²) >= 11 is 0. The Hall–Kier alpha value is -1.85. The molecule has 92 valence electrons. The van der Waals surface area contributed by atoms with Gasteiger partial charge in [-0.3, -0.25) is 4.79 Å². The second-order valence-corrected chi connectivity index (χ2v) is 4.49. The number of carbonyl (C=O) groups excluding carboxylic acids is 2. The average molecular weight is 237 g/mol. The normalized spacial score (nSPS) is 18.6. The Morgan fingerprint density at radius 2 is 2.12 bits per heavy atom. The fourth-order valence-corrected chi connectivity index (χ4v) is 1.75. The molecule has 1 saturated heterocycles. The summed E-state index contributed by atoms with van der Waals surface area (Å²) in [5, 5.41) is 0. The van der Waals surface area contributed by atoms with E-state index in [-0.39, 0.29) is 5.91 Å². The van der Waals surface area contributed by atoms with Crippen LogP contribution in [-0.2, 0) is 16.1 Å². The summed E-state index contributed by atoms with van der Waals surface area (Å²) in [4.78, 5) is 28.3. The molecule has 6 nitrogen and oxygen atoms in total. The number of imide groups is 1. The van der Waals surface area contributed by atoms with Gasteiger partial charge in [0.15, 0.2) is 5.60 Å². The van der Waals surface area contributed by atoms with Gasteiger partial charge in [0, 0.05) is 25.5 Å². The highest BCUT2D eigenvalue weighted by Gasteiger charge is 2.46. The van der Waals surface area contributed by atoms with Crippen molar-refractivity contribution in [2.24, 2.45) is 0 Å². The van der Waals surface area contributed by atoms with Crippen molar-refractivity contribution in [2.45, 2.75) is 32.4 Å². The molecule has 6 heteroatoms. The van der Waals surface area contributed by atoms with E-state index >= 15 is 0 Å². The Balaban J connectivity index is 1.87. The number of carbonyl (C=O) groups is 2. The smallest absolute Gasteiger partial charge is 0.417 e. The van der Waals surface area contributed by atoms with Crippen LogP contribution in [0.2, 0.25) is 0 Å². The minimum atomic E-state index is -1.02. The summed E-state index contributed by atoms with van der Waals surface area (Å²) in [6, 6.07) is 0. The third-order valence-electron chi connectivity index (χ3n) is 2.68. The molecule has 2 amide bonds. The molecule has 0 atom stereocenters. The van der Waals surface area contributed by atoms with Crippen molar-refractivity contribution < 1.29 is 14.3 Å². The Bertz CT molecular complexity index is 425. The maximum absolute atomic E-state index is 11.8. The Morgan fingerprint density at radius 1 is 1.35 bits per heavy atom. The summed E-state index contributed by atoms with van der Waals surface area (Å²) in [6.07, 6.45) is 5.37. The van der Waals surface area contributed by atoms with Crippen LogP contribution in [-0.4, -0.2) is 38.6 Å². The molecule has 0 saturated carbocycles. The first-order valence-electron chi connectivity index (χ1n) is 5.51. The summed E-state index contributed by atoms with van der Waals surface area (Å²) < 4.78 is 6.88. The maximum Gasteiger partial charge on any atom is 0.417 e. The number of amides is 2. The van der Waals surface area contributed by atoms with Crippen molar-refractivity contribution in [3.63, 3.8) is 0 Å². The second-order valence-electron chi connectivity index (χ2n) is 4.49. The highest BCUT2D eigenvalue weighted by molar-refractivity contribution is 6.02. The van der Waals surface area contributed by atoms with E-state index in [1.807, 2.05) is 10.8 Å². The fourth-order valence-electron chi connectivity index (χ4n) is 1.75. The van der Waals surface area contributed by atoms with Gasteiger partial charge in [-0.05, 0) is 20.3 Å². The van der Waals surface area contributed by atoms with Crippen molar-refractivity contribution in [1.29, 1.82) is 0 Å². The topological polar surface area (TPSA) is 64.4 Å². The summed E-state index contributed by atoms with van der Waals surface area (Å²) in [5.41, 5.74) is -1.02. The molecule has 0 unspecified atom stereocenters. The minimum Gasteiger partial charge on any atom is -0.433 e. The Morgan fingerprint density at radius 3 is 2.65 bits per heavy atom. The van der Waals surface area contributed by atoms with Gasteiger partial charge in [0.05, 0.1) is 6.33 Å². The van der Waals surface area contributed by atoms with Gasteiger partial charge in [0.2, 0.25) is 0 Å². The van der Waals surface area contributed by atoms with Crippen molar-refractivity contribution in [1.82, 2.24) is 14.5 Å². The molecule has 17 heavy (non-hydrogen) atoms. The van der Waals surface area contributed by atoms with Gasteiger partial charge in [-0.2, -0.15) is 0 Å². The Kier molecular flexibility index (Phi) is 2.87. The van der Waals surface area contributed by atoms with E-state index in [2.05, 4.69) is 4.98 Å². The van der Waals surface area contributed by atoms with Crippen LogP contribution >= 0.6 is 0 Å². The molecule has 0 aromatic carbocycles. The third-order valence-corrected chi connectivity index (χ3v) is 2.68. The van der Waals surface area contributed by atoms with Gasteiger partial charge in [-0.15, -0.1) is 0 Å². The van der Waals surface area contributed by atoms with E-state index in [4.69, 9.17) is 4.74 Å². The molecule has 0 bridgehead atoms. The number of cyclic esters (lactones) is 1. The monoisotopic (exact) mass is 237 g/mol. The number of ether oxygens (including phenoxy) is 1. The zero-order chi connectivity index (χ0) is 12.5. The van der Waals surface area contributed by atoms with Crippen molar-refractivity contribution in [3.05, 3.63) is 18.7 Å². The molecule has 2 heterocycles. The first-order chi connectivity index (χ1) is 8.00. The standard InChI is InChI=1S/C11H15N3O3/c1-11(2)9(15)14(10(16)17-11)6-3-5-13-7-4-12-8-13/h4,7-8H,3,5-6H2,1-2H3. The number of aromatic nitrogens is 2. The van der Waals surface area contributed by atoms with Crippen LogP contribution in [0.15, 0.2) is 18.7 Å². The number of imidazole rings is 1. The fraction of sp³-hybridized carbons (Fsp3) is 0.545. The van der Waals surface area contributed by atoms with Crippen molar-refractivity contribution in [3.8, 4) is 0 Å². The predicted molar refractivity (Wildman–Crippen MR) is 59.1 cm³/mol. The molecule has 0 spiro atoms. The van der Waals surface area contributed by atoms with Crippen LogP contribution in [0.5, 0.6) is 0 Å². The number of rotatable bonds is 4. The van der Waals surface area contributed by atoms with Crippen LogP contribution in [0.3, 0.4) is 0 Å². The molecule has 1 fully saturated rings. The van der Waals surface area contributed by atoms with E-state index < -0.39 is 11.7 Å². The maximum atomic E-state index is 11.8. The molecule has 1 aliphatic rings. The van der Waals surface area contributed by atoms with Crippen molar-refractivity contribution >= 4 is 12.0 Å². The van der Waals surface area contributed by atoms with Gasteiger partial charge in [-0.1, -0.05) is 0 Å². The van der Waals surface area contributed by atoms with E-state index in [0.29, 0.717) is 13.0 Å². The number of nitrogens with zero attached hydrogens (tertiary/aromatic N) is 3. The molecular formula is C11H15N3O3. The highest BCUT2D eigenvalue weighted by atomic mass is 16.6. The van der Waals surface area contributed by atoms with Gasteiger partial charge in [-0.25, -0.2) is 14.7 Å². The zero-order valence-electron chi connectivity index (χ0n) is 9.92. The summed E-state index contributed by atoms with van der Waals surface area (Å²) in [6.45, 7) is 4.29. The van der Waals surface area contributed by atoms with E-state index in [0.717, 1.165) is 11.4 Å². The average Bonchev–Trinajstić information content (AvgIpc) is 2.80. The summed E-state index contributed by atoms with van der Waals surface area (Å²) in [7, 11) is 0. The lowest BCUT2D eigenvalue weighted by atomic mass is 10.1. The van der Waals surface area contributed by atoms with E-state index in [1.54, 1.807) is 26.4 Å². The van der Waals surface area contributed by atoms with Crippen LogP contribution in [0.4, 0.5) is 4.79 Å². The largest absolute Gasteiger partial charge is 0.433 e. The predicted octanol–water partition coefficient (Wildman–Crippen LogP) is 1.03. The van der Waals surface area contributed by atoms with Gasteiger partial charge in [0.25, 0.3) is 5.91 Å². The zero-order valence-corrected chi connectivity index (χ0v) is 9.92. The van der Waals surface area contributed by atoms with Crippen molar-refractivity contribution in [2.75, 3.05) is 6.54 Å². The summed E-state index contributed by atoms with van der Waals surface area (Å²) in [5.74, 6) is -0.270. The lowest BCUT2D eigenvalue weighted by Crippen LogP contribution is -2.37. The molecular weight excluding hydrogens is 222 g/mol. The SMILES string of the molecule is CC1(C)OC(=O)N(CCCn2ccnc2)C1=O. The Labute approximate surface area is 99.2 Å². The minimum absolute atomic E-state index is 0.270. The first-order valence-corrected chi connectivity index (χ1v) is 5.51. The third kappa shape index (κ3) is 2.30. The number of hydrogen-bond donors (Lipinski definition) is 0. The molecule has 1 aliphatic heterocycles. The van der Waals surface area contributed by atoms with E-state index in [9.17, 15) is 9.59 Å². The molecule has 2 rings (SSSR count). The molecule has 0 N–H and O–H groups in total. The van der Waals surface area contributed by atoms with Crippen LogP contribution in [0, 0.1) is 0 Å². The van der Waals surface area contributed by atoms with Crippen LogP contribution < -0.4 is 0 Å². The molecule has 0 radical (unpaired) electrons. The lowest BCUT2D eigenvalue weighted by molar-refractivity contribution is -0.134. The second kappa shape index (κ2) is 4.20. The molecule has 1 aromatic rings. The van der Waals surface area contributed by atoms with Gasteiger partial charge < -0.3 is 9.30 Å². The molecule has 0 aliphatic carbocycles. The van der Waals surface area contributed by atoms with Gasteiger partial charge >= 0.3 is 6.09 Å². The number of aryl methyl sites for hydroxylation is 1. The van der Waals surface area contributed by atoms with Gasteiger partial charge in [0.1, 0.15) is 0 Å². The quantitative estimate of drug-likeness (QED) is 0.784. The van der Waals surface area contributed by atoms with E-state index in [1.165, 1.54) is 0 Å². The first kappa shape index (κ1) is 11.6. The molecule has 1 aromatic heterocycles.